The molecule has 0 aliphatic carbocycles. The highest BCUT2D eigenvalue weighted by Gasteiger charge is 2.23. The summed E-state index contributed by atoms with van der Waals surface area (Å²) < 4.78 is 30.5. The molecule has 0 bridgehead atoms. The van der Waals surface area contributed by atoms with Gasteiger partial charge in [0.1, 0.15) is 11.6 Å². The minimum atomic E-state index is -3.39. The molecule has 2 heterocycles. The molecule has 0 saturated carbocycles. The Balaban J connectivity index is 2.29. The van der Waals surface area contributed by atoms with E-state index in [-0.39, 0.29) is 17.1 Å². The van der Waals surface area contributed by atoms with Crippen LogP contribution in [0.25, 0.3) is 0 Å². The summed E-state index contributed by atoms with van der Waals surface area (Å²) in [6.45, 7) is 3.92. The Morgan fingerprint density at radius 3 is 2.81 bits per heavy atom. The molecule has 1 atom stereocenters. The largest absolute Gasteiger partial charge is 0.377 e. The van der Waals surface area contributed by atoms with Gasteiger partial charge in [0.25, 0.3) is 0 Å². The molecule has 118 valence electrons. The molecule has 1 saturated heterocycles. The molecule has 7 nitrogen and oxygen atoms in total. The molecule has 0 spiro atoms. The number of anilines is 1. The van der Waals surface area contributed by atoms with E-state index in [1.807, 2.05) is 11.8 Å². The van der Waals surface area contributed by atoms with Gasteiger partial charge in [-0.3, -0.25) is 0 Å². The summed E-state index contributed by atoms with van der Waals surface area (Å²) in [4.78, 5) is 10.3. The van der Waals surface area contributed by atoms with Crippen molar-refractivity contribution in [3.8, 4) is 0 Å². The van der Waals surface area contributed by atoms with Gasteiger partial charge in [-0.2, -0.15) is 0 Å². The third-order valence-corrected chi connectivity index (χ3v) is 5.23. The predicted molar refractivity (Wildman–Crippen MR) is 81.0 cm³/mol. The molecule has 1 fully saturated rings. The Bertz CT molecular complexity index is 609. The Morgan fingerprint density at radius 2 is 2.19 bits per heavy atom. The van der Waals surface area contributed by atoms with E-state index in [0.717, 1.165) is 0 Å². The average Bonchev–Trinajstić information content (AvgIpc) is 2.37. The normalized spacial score (nSPS) is 20.0. The van der Waals surface area contributed by atoms with Crippen LogP contribution in [-0.2, 0) is 20.5 Å². The highest BCUT2D eigenvalue weighted by atomic mass is 35.5. The number of nitrogens with zero attached hydrogens (tertiary/aromatic N) is 4. The number of aromatic nitrogens is 2. The third-order valence-electron chi connectivity index (χ3n) is 3.29. The van der Waals surface area contributed by atoms with Gasteiger partial charge in [0.05, 0.1) is 24.9 Å². The number of halogens is 1. The van der Waals surface area contributed by atoms with Crippen molar-refractivity contribution in [1.29, 1.82) is 0 Å². The molecule has 1 aromatic rings. The number of sulfonamides is 1. The number of hydrogen-bond acceptors (Lipinski definition) is 6. The molecule has 0 radical (unpaired) electrons. The van der Waals surface area contributed by atoms with Crippen LogP contribution in [0, 0.1) is 0 Å². The molecule has 0 N–H and O–H groups in total. The summed E-state index contributed by atoms with van der Waals surface area (Å²) in [6.07, 6.45) is 0. The zero-order valence-electron chi connectivity index (χ0n) is 12.3. The molecule has 0 amide bonds. The van der Waals surface area contributed by atoms with Gasteiger partial charge in [-0.05, 0) is 18.5 Å². The van der Waals surface area contributed by atoms with Crippen molar-refractivity contribution in [2.24, 2.45) is 0 Å². The molecular formula is C12H19ClN4O3S. The van der Waals surface area contributed by atoms with Crippen LogP contribution in [-0.4, -0.2) is 62.6 Å². The first kappa shape index (κ1) is 16.4. The Morgan fingerprint density at radius 1 is 1.48 bits per heavy atom. The van der Waals surface area contributed by atoms with E-state index >= 15 is 0 Å². The second-order valence-electron chi connectivity index (χ2n) is 5.14. The Hall–Kier alpha value is -0.960. The van der Waals surface area contributed by atoms with Gasteiger partial charge < -0.3 is 9.64 Å². The van der Waals surface area contributed by atoms with Crippen LogP contribution in [0.1, 0.15) is 12.6 Å². The fourth-order valence-electron chi connectivity index (χ4n) is 2.06. The molecule has 9 heteroatoms. The van der Waals surface area contributed by atoms with Crippen LogP contribution in [0.5, 0.6) is 0 Å². The van der Waals surface area contributed by atoms with Crippen LogP contribution < -0.4 is 4.90 Å². The maximum Gasteiger partial charge on any atom is 0.224 e. The molecular weight excluding hydrogens is 316 g/mol. The minimum absolute atomic E-state index is 0.0511. The molecule has 1 aromatic heterocycles. The summed E-state index contributed by atoms with van der Waals surface area (Å²) in [5.41, 5.74) is 0.386. The lowest BCUT2D eigenvalue weighted by Crippen LogP contribution is -2.44. The third kappa shape index (κ3) is 4.03. The lowest BCUT2D eigenvalue weighted by molar-refractivity contribution is 0.0985. The SMILES string of the molecule is C[C@H]1COCCN1c1cc(CS(=O)(=O)N(C)C)nc(Cl)n1. The van der Waals surface area contributed by atoms with E-state index < -0.39 is 10.0 Å². The van der Waals surface area contributed by atoms with Crippen molar-refractivity contribution in [3.05, 3.63) is 17.0 Å². The summed E-state index contributed by atoms with van der Waals surface area (Å²) in [5, 5.41) is 0.0511. The summed E-state index contributed by atoms with van der Waals surface area (Å²) in [7, 11) is -0.409. The van der Waals surface area contributed by atoms with Gasteiger partial charge in [0, 0.05) is 26.7 Å². The highest BCUT2D eigenvalue weighted by molar-refractivity contribution is 7.88. The van der Waals surface area contributed by atoms with Gasteiger partial charge in [-0.15, -0.1) is 0 Å². The van der Waals surface area contributed by atoms with Crippen molar-refractivity contribution in [2.45, 2.75) is 18.7 Å². The summed E-state index contributed by atoms with van der Waals surface area (Å²) in [5.74, 6) is 0.434. The lowest BCUT2D eigenvalue weighted by Gasteiger charge is -2.34. The molecule has 0 unspecified atom stereocenters. The molecule has 0 aromatic carbocycles. The van der Waals surface area contributed by atoms with E-state index in [2.05, 4.69) is 9.97 Å². The van der Waals surface area contributed by atoms with Gasteiger partial charge in [0.15, 0.2) is 0 Å². The number of rotatable bonds is 4. The fraction of sp³-hybridized carbons (Fsp3) is 0.667. The highest BCUT2D eigenvalue weighted by Crippen LogP contribution is 2.21. The first-order valence-corrected chi connectivity index (χ1v) is 8.56. The van der Waals surface area contributed by atoms with Crippen LogP contribution in [0.4, 0.5) is 5.82 Å². The number of hydrogen-bond donors (Lipinski definition) is 0. The molecule has 21 heavy (non-hydrogen) atoms. The second-order valence-corrected chi connectivity index (χ2v) is 7.66. The quantitative estimate of drug-likeness (QED) is 0.756. The number of ether oxygens (including phenoxy) is 1. The van der Waals surface area contributed by atoms with E-state index in [0.29, 0.717) is 31.3 Å². The molecule has 1 aliphatic rings. The van der Waals surface area contributed by atoms with Crippen molar-refractivity contribution < 1.29 is 13.2 Å². The van der Waals surface area contributed by atoms with Crippen LogP contribution in [0.3, 0.4) is 0 Å². The first-order valence-electron chi connectivity index (χ1n) is 6.57. The van der Waals surface area contributed by atoms with E-state index in [1.54, 1.807) is 6.07 Å². The van der Waals surface area contributed by atoms with Gasteiger partial charge in [-0.25, -0.2) is 22.7 Å². The van der Waals surface area contributed by atoms with Crippen LogP contribution in [0.2, 0.25) is 5.28 Å². The Kier molecular flexibility index (Phi) is 5.03. The van der Waals surface area contributed by atoms with Gasteiger partial charge in [-0.1, -0.05) is 0 Å². The molecule has 1 aliphatic heterocycles. The van der Waals surface area contributed by atoms with Crippen molar-refractivity contribution >= 4 is 27.4 Å². The topological polar surface area (TPSA) is 75.6 Å². The predicted octanol–water partition coefficient (Wildman–Crippen LogP) is 0.747. The summed E-state index contributed by atoms with van der Waals surface area (Å²) in [6, 6.07) is 1.83. The maximum absolute atomic E-state index is 12.0. The van der Waals surface area contributed by atoms with E-state index in [1.165, 1.54) is 18.4 Å². The van der Waals surface area contributed by atoms with Crippen molar-refractivity contribution in [1.82, 2.24) is 14.3 Å². The second kappa shape index (κ2) is 6.43. The van der Waals surface area contributed by atoms with Crippen LogP contribution in [0.15, 0.2) is 6.07 Å². The fourth-order valence-corrected chi connectivity index (χ4v) is 3.03. The Labute approximate surface area is 129 Å². The standard InChI is InChI=1S/C12H19ClN4O3S/c1-9-7-20-5-4-17(9)11-6-10(14-12(13)15-11)8-21(18,19)16(2)3/h6,9H,4-5,7-8H2,1-3H3/t9-/m0/s1. The van der Waals surface area contributed by atoms with Crippen molar-refractivity contribution in [2.75, 3.05) is 38.8 Å². The minimum Gasteiger partial charge on any atom is -0.377 e. The van der Waals surface area contributed by atoms with E-state index in [4.69, 9.17) is 16.3 Å². The maximum atomic E-state index is 12.0. The zero-order valence-corrected chi connectivity index (χ0v) is 13.9. The zero-order chi connectivity index (χ0) is 15.6. The van der Waals surface area contributed by atoms with Crippen molar-refractivity contribution in [3.63, 3.8) is 0 Å². The van der Waals surface area contributed by atoms with Gasteiger partial charge >= 0.3 is 0 Å². The molecule has 2 rings (SSSR count). The lowest BCUT2D eigenvalue weighted by atomic mass is 10.2. The summed E-state index contributed by atoms with van der Waals surface area (Å²) >= 11 is 5.94. The monoisotopic (exact) mass is 334 g/mol. The number of morpholine rings is 1. The first-order chi connectivity index (χ1) is 9.79. The van der Waals surface area contributed by atoms with E-state index in [9.17, 15) is 8.42 Å². The van der Waals surface area contributed by atoms with Crippen LogP contribution >= 0.6 is 11.6 Å². The smallest absolute Gasteiger partial charge is 0.224 e. The average molecular weight is 335 g/mol. The van der Waals surface area contributed by atoms with Gasteiger partial charge in [0.2, 0.25) is 15.3 Å².